The third-order valence-electron chi connectivity index (χ3n) is 5.03. The lowest BCUT2D eigenvalue weighted by molar-refractivity contribution is 0.566. The highest BCUT2D eigenvalue weighted by atomic mass is 35.5. The number of halogens is 3. The summed E-state index contributed by atoms with van der Waals surface area (Å²) in [5.74, 6) is -2.39. The Morgan fingerprint density at radius 2 is 1.83 bits per heavy atom. The summed E-state index contributed by atoms with van der Waals surface area (Å²) in [5.41, 5.74) is -0.311. The minimum Gasteiger partial charge on any atom is -0.365 e. The van der Waals surface area contributed by atoms with E-state index >= 15 is 4.39 Å². The second kappa shape index (κ2) is 7.38. The van der Waals surface area contributed by atoms with Crippen LogP contribution in [-0.4, -0.2) is 38.0 Å². The Labute approximate surface area is 175 Å². The van der Waals surface area contributed by atoms with Gasteiger partial charge in [-0.2, -0.15) is 5.26 Å². The van der Waals surface area contributed by atoms with Crippen molar-refractivity contribution in [1.82, 2.24) is 4.98 Å². The Balaban J connectivity index is 1.87. The van der Waals surface area contributed by atoms with Gasteiger partial charge in [0.05, 0.1) is 39.7 Å². The Morgan fingerprint density at radius 1 is 1.13 bits per heavy atom. The molecule has 2 aromatic carbocycles. The van der Waals surface area contributed by atoms with Crippen molar-refractivity contribution in [3.05, 3.63) is 62.8 Å². The molecule has 2 heterocycles. The third-order valence-corrected chi connectivity index (χ3v) is 6.97. The zero-order chi connectivity index (χ0) is 21.6. The predicted molar refractivity (Wildman–Crippen MR) is 111 cm³/mol. The van der Waals surface area contributed by atoms with Crippen LogP contribution in [0.2, 0.25) is 5.02 Å². The Morgan fingerprint density at radius 3 is 2.50 bits per heavy atom. The smallest absolute Gasteiger partial charge is 0.193 e. The maximum absolute atomic E-state index is 15.2. The fourth-order valence-corrected chi connectivity index (χ4v) is 4.93. The van der Waals surface area contributed by atoms with Crippen LogP contribution in [0.3, 0.4) is 0 Å². The largest absolute Gasteiger partial charge is 0.365 e. The van der Waals surface area contributed by atoms with E-state index in [2.05, 4.69) is 4.98 Å². The number of rotatable bonds is 2. The summed E-state index contributed by atoms with van der Waals surface area (Å²) < 4.78 is 53.2. The van der Waals surface area contributed by atoms with E-state index in [1.807, 2.05) is 6.07 Å². The molecule has 3 aromatic rings. The summed E-state index contributed by atoms with van der Waals surface area (Å²) in [6.45, 7) is -0.123. The molecule has 6 nitrogen and oxygen atoms in total. The van der Waals surface area contributed by atoms with E-state index < -0.39 is 32.6 Å². The van der Waals surface area contributed by atoms with Crippen LogP contribution >= 0.6 is 11.6 Å². The topological polar surface area (TPSA) is 94.0 Å². The molecule has 0 unspecified atom stereocenters. The van der Waals surface area contributed by atoms with Gasteiger partial charge in [-0.3, -0.25) is 4.79 Å². The molecular weight excluding hydrogens is 436 g/mol. The fourth-order valence-electron chi connectivity index (χ4n) is 3.50. The molecule has 0 spiro atoms. The minimum atomic E-state index is -3.24. The maximum Gasteiger partial charge on any atom is 0.193 e. The molecule has 0 aliphatic carbocycles. The van der Waals surface area contributed by atoms with E-state index in [1.54, 1.807) is 0 Å². The first kappa shape index (κ1) is 20.3. The number of benzene rings is 2. The lowest BCUT2D eigenvalue weighted by atomic mass is 10.1. The number of anilines is 1. The van der Waals surface area contributed by atoms with Gasteiger partial charge in [-0.05, 0) is 18.2 Å². The third kappa shape index (κ3) is 3.53. The van der Waals surface area contributed by atoms with Gasteiger partial charge < -0.3 is 9.88 Å². The van der Waals surface area contributed by atoms with Gasteiger partial charge in [0.1, 0.15) is 5.69 Å². The normalized spacial score (nSPS) is 15.9. The summed E-state index contributed by atoms with van der Waals surface area (Å²) in [6, 6.07) is 8.57. The molecule has 30 heavy (non-hydrogen) atoms. The molecule has 10 heteroatoms. The highest BCUT2D eigenvalue weighted by Gasteiger charge is 2.28. The zero-order valence-electron chi connectivity index (χ0n) is 15.4. The average molecular weight is 450 g/mol. The van der Waals surface area contributed by atoms with E-state index in [-0.39, 0.29) is 46.2 Å². The van der Waals surface area contributed by atoms with Crippen LogP contribution in [0.1, 0.15) is 5.56 Å². The number of nitrogens with one attached hydrogen (secondary N) is 1. The van der Waals surface area contributed by atoms with Crippen LogP contribution in [-0.2, 0) is 9.84 Å². The van der Waals surface area contributed by atoms with Crippen LogP contribution in [0.5, 0.6) is 0 Å². The van der Waals surface area contributed by atoms with Crippen molar-refractivity contribution in [3.63, 3.8) is 0 Å². The predicted octanol–water partition coefficient (Wildman–Crippen LogP) is 3.23. The molecule has 1 N–H and O–H groups in total. The van der Waals surface area contributed by atoms with E-state index in [4.69, 9.17) is 16.9 Å². The van der Waals surface area contributed by atoms with Crippen molar-refractivity contribution in [2.45, 2.75) is 0 Å². The summed E-state index contributed by atoms with van der Waals surface area (Å²) in [5, 5.41) is 9.00. The summed E-state index contributed by atoms with van der Waals surface area (Å²) >= 11 is 6.17. The first-order chi connectivity index (χ1) is 14.2. The van der Waals surface area contributed by atoms with Crippen LogP contribution < -0.4 is 10.3 Å². The summed E-state index contributed by atoms with van der Waals surface area (Å²) in [7, 11) is -3.24. The van der Waals surface area contributed by atoms with Gasteiger partial charge in [-0.15, -0.1) is 0 Å². The first-order valence-electron chi connectivity index (χ1n) is 8.90. The zero-order valence-corrected chi connectivity index (χ0v) is 16.9. The number of fused-ring (bicyclic) bond motifs is 1. The monoisotopic (exact) mass is 449 g/mol. The van der Waals surface area contributed by atoms with Crippen LogP contribution in [0, 0.1) is 23.0 Å². The van der Waals surface area contributed by atoms with Gasteiger partial charge in [0.25, 0.3) is 0 Å². The number of nitriles is 1. The van der Waals surface area contributed by atoms with E-state index in [0.29, 0.717) is 11.1 Å². The molecule has 0 atom stereocenters. The highest BCUT2D eigenvalue weighted by molar-refractivity contribution is 7.91. The van der Waals surface area contributed by atoms with E-state index in [9.17, 15) is 17.6 Å². The van der Waals surface area contributed by atoms with E-state index in [0.717, 1.165) is 12.1 Å². The molecule has 1 saturated heterocycles. The molecule has 1 aliphatic rings. The van der Waals surface area contributed by atoms with Crippen LogP contribution in [0.4, 0.5) is 14.5 Å². The van der Waals surface area contributed by atoms with Crippen molar-refractivity contribution >= 4 is 38.0 Å². The van der Waals surface area contributed by atoms with Gasteiger partial charge in [0.2, 0.25) is 0 Å². The average Bonchev–Trinajstić information content (AvgIpc) is 2.68. The van der Waals surface area contributed by atoms with Crippen molar-refractivity contribution in [2.75, 3.05) is 29.5 Å². The number of pyridine rings is 1. The van der Waals surface area contributed by atoms with Gasteiger partial charge >= 0.3 is 0 Å². The van der Waals surface area contributed by atoms with Gasteiger partial charge in [-0.1, -0.05) is 11.6 Å². The van der Waals surface area contributed by atoms with Crippen LogP contribution in [0.25, 0.3) is 22.2 Å². The Hall–Kier alpha value is -2.96. The van der Waals surface area contributed by atoms with Crippen molar-refractivity contribution in [1.29, 1.82) is 5.26 Å². The number of aromatic nitrogens is 1. The number of hydrogen-bond donors (Lipinski definition) is 1. The minimum absolute atomic E-state index is 0.0613. The molecule has 1 aliphatic heterocycles. The van der Waals surface area contributed by atoms with Gasteiger partial charge in [0.15, 0.2) is 26.9 Å². The molecule has 0 amide bonds. The number of aromatic amines is 1. The molecular formula is C20H14ClF2N3O3S. The molecule has 0 saturated carbocycles. The highest BCUT2D eigenvalue weighted by Crippen LogP contribution is 2.32. The molecule has 1 aromatic heterocycles. The second-order valence-electron chi connectivity index (χ2n) is 6.94. The number of nitrogens with zero attached hydrogens (tertiary/aromatic N) is 2. The fraction of sp³-hybridized carbons (Fsp3) is 0.200. The molecule has 0 radical (unpaired) electrons. The maximum atomic E-state index is 15.2. The van der Waals surface area contributed by atoms with Crippen molar-refractivity contribution < 1.29 is 17.2 Å². The number of sulfone groups is 1. The van der Waals surface area contributed by atoms with Crippen molar-refractivity contribution in [2.24, 2.45) is 0 Å². The first-order valence-corrected chi connectivity index (χ1v) is 11.1. The van der Waals surface area contributed by atoms with Crippen LogP contribution in [0.15, 0.2) is 35.1 Å². The Kier molecular flexibility index (Phi) is 5.00. The quantitative estimate of drug-likeness (QED) is 0.648. The summed E-state index contributed by atoms with van der Waals surface area (Å²) in [4.78, 5) is 16.8. The SMILES string of the molecule is N#Cc1ccc(Cl)c(-c2cc(=O)c3c(F)c(N4CCS(=O)(=O)CC4)c(F)cc3[nH]2)c1. The van der Waals surface area contributed by atoms with Gasteiger partial charge in [0, 0.05) is 35.8 Å². The van der Waals surface area contributed by atoms with Crippen molar-refractivity contribution in [3.8, 4) is 17.3 Å². The van der Waals surface area contributed by atoms with Gasteiger partial charge in [-0.25, -0.2) is 17.2 Å². The number of H-pyrrole nitrogens is 1. The molecule has 1 fully saturated rings. The number of hydrogen-bond acceptors (Lipinski definition) is 5. The Bertz CT molecular complexity index is 1380. The lowest BCUT2D eigenvalue weighted by Gasteiger charge is -2.29. The standard InChI is InChI=1S/C20H14ClF2N3O3S/c21-13-2-1-11(10-24)7-12(13)15-9-17(27)18-16(25-15)8-14(22)20(19(18)23)26-3-5-30(28,29)6-4-26/h1-2,7-9H,3-6H2,(H,25,27). The molecule has 0 bridgehead atoms. The molecule has 4 rings (SSSR count). The summed E-state index contributed by atoms with van der Waals surface area (Å²) in [6.07, 6.45) is 0. The van der Waals surface area contributed by atoms with E-state index in [1.165, 1.54) is 23.1 Å². The lowest BCUT2D eigenvalue weighted by Crippen LogP contribution is -2.41. The second-order valence-corrected chi connectivity index (χ2v) is 9.65. The molecule has 154 valence electrons.